The van der Waals surface area contributed by atoms with Crippen molar-refractivity contribution >= 4 is 47.2 Å². The van der Waals surface area contributed by atoms with Gasteiger partial charge in [-0.3, -0.25) is 9.59 Å². The number of halogens is 1. The molecule has 0 saturated heterocycles. The Labute approximate surface area is 153 Å². The molecular formula is C16H11B3ClNO4. The van der Waals surface area contributed by atoms with Gasteiger partial charge in [0.2, 0.25) is 0 Å². The molecule has 0 saturated carbocycles. The van der Waals surface area contributed by atoms with Crippen LogP contribution in [0.25, 0.3) is 11.1 Å². The second-order valence-electron chi connectivity index (χ2n) is 5.36. The van der Waals surface area contributed by atoms with Gasteiger partial charge in [-0.05, 0) is 23.8 Å². The third-order valence-corrected chi connectivity index (χ3v) is 3.73. The van der Waals surface area contributed by atoms with Crippen LogP contribution in [0, 0.1) is 0 Å². The summed E-state index contributed by atoms with van der Waals surface area (Å²) in [5, 5.41) is -1.77. The Kier molecular flexibility index (Phi) is 5.63. The van der Waals surface area contributed by atoms with Crippen LogP contribution in [0.15, 0.2) is 35.3 Å². The fraction of sp³-hybridized carbons (Fsp3) is 0.188. The number of carbonyl (C=O) groups is 2. The lowest BCUT2D eigenvalue weighted by Crippen LogP contribution is -2.26. The number of hydrogen-bond acceptors (Lipinski definition) is 4. The van der Waals surface area contributed by atoms with E-state index in [1.54, 1.807) is 0 Å². The van der Waals surface area contributed by atoms with Crippen molar-refractivity contribution in [3.63, 3.8) is 0 Å². The molecule has 0 bridgehead atoms. The van der Waals surface area contributed by atoms with Crippen LogP contribution in [0.3, 0.4) is 0 Å². The van der Waals surface area contributed by atoms with Crippen LogP contribution in [0.1, 0.15) is 10.4 Å². The monoisotopic (exact) mass is 349 g/mol. The van der Waals surface area contributed by atoms with E-state index in [1.165, 1.54) is 42.1 Å². The van der Waals surface area contributed by atoms with Crippen molar-refractivity contribution in [3.8, 4) is 16.9 Å². The molecule has 0 aliphatic rings. The predicted octanol–water partition coefficient (Wildman–Crippen LogP) is 1.14. The average Bonchev–Trinajstić information content (AvgIpc) is 2.55. The molecule has 0 atom stereocenters. The quantitative estimate of drug-likeness (QED) is 0.446. The Morgan fingerprint density at radius 2 is 1.96 bits per heavy atom. The van der Waals surface area contributed by atoms with Gasteiger partial charge in [-0.25, -0.2) is 0 Å². The first-order chi connectivity index (χ1) is 11.7. The van der Waals surface area contributed by atoms with Crippen molar-refractivity contribution in [1.29, 1.82) is 0 Å². The number of rotatable bonds is 6. The van der Waals surface area contributed by atoms with Crippen LogP contribution in [-0.2, 0) is 11.3 Å². The Morgan fingerprint density at radius 3 is 2.52 bits per heavy atom. The van der Waals surface area contributed by atoms with Gasteiger partial charge in [-0.15, -0.1) is 0 Å². The van der Waals surface area contributed by atoms with Crippen molar-refractivity contribution in [2.45, 2.75) is 11.7 Å². The normalized spacial score (nSPS) is 11.1. The molecule has 0 amide bonds. The minimum Gasteiger partial charge on any atom is -0.495 e. The second-order valence-corrected chi connectivity index (χ2v) is 5.80. The van der Waals surface area contributed by atoms with Gasteiger partial charge in [0.25, 0.3) is 5.56 Å². The Bertz CT molecular complexity index is 890. The summed E-state index contributed by atoms with van der Waals surface area (Å²) in [4.78, 5) is 35.3. The van der Waals surface area contributed by atoms with Crippen LogP contribution in [-0.4, -0.2) is 47.3 Å². The topological polar surface area (TPSA) is 65.4 Å². The van der Waals surface area contributed by atoms with E-state index in [1.807, 2.05) is 0 Å². The third kappa shape index (κ3) is 4.07. The van der Waals surface area contributed by atoms with Crippen molar-refractivity contribution in [3.05, 3.63) is 51.4 Å². The fourth-order valence-electron chi connectivity index (χ4n) is 2.32. The maximum Gasteiger partial charge on any atom is 0.251 e. The standard InChI is InChI=1S/C16H11B3ClNO4/c1-25-13-8-21(4-5-22)14(23)7-12(13)11-6-9(20)2-3-10(11)15(24)16(17,18)19/h2-3,5-8H,4H2,1H3. The molecule has 2 rings (SSSR count). The van der Waals surface area contributed by atoms with Gasteiger partial charge < -0.3 is 14.1 Å². The first kappa shape index (κ1) is 19.1. The number of aromatic nitrogens is 1. The van der Waals surface area contributed by atoms with E-state index < -0.39 is 16.5 Å². The second kappa shape index (κ2) is 7.36. The molecule has 0 spiro atoms. The number of carbonyl (C=O) groups excluding carboxylic acids is 2. The minimum atomic E-state index is -2.09. The molecular weight excluding hydrogens is 338 g/mol. The van der Waals surface area contributed by atoms with E-state index in [0.29, 0.717) is 16.9 Å². The molecule has 1 aromatic heterocycles. The summed E-state index contributed by atoms with van der Waals surface area (Å²) in [5.41, 5.74) is 0.212. The lowest BCUT2D eigenvalue weighted by molar-refractivity contribution is -0.108. The van der Waals surface area contributed by atoms with Crippen molar-refractivity contribution in [1.82, 2.24) is 4.57 Å². The number of pyridine rings is 1. The highest BCUT2D eigenvalue weighted by Crippen LogP contribution is 2.35. The molecule has 0 aliphatic carbocycles. The van der Waals surface area contributed by atoms with Gasteiger partial charge in [-0.2, -0.15) is 0 Å². The van der Waals surface area contributed by atoms with Gasteiger partial charge in [0.05, 0.1) is 43.4 Å². The number of ether oxygens (including phenoxy) is 1. The molecule has 0 unspecified atom stereocenters. The fourth-order valence-corrected chi connectivity index (χ4v) is 2.49. The number of methoxy groups -OCH3 is 1. The Morgan fingerprint density at radius 1 is 1.28 bits per heavy atom. The molecule has 120 valence electrons. The van der Waals surface area contributed by atoms with Crippen molar-refractivity contribution < 1.29 is 14.3 Å². The van der Waals surface area contributed by atoms with Gasteiger partial charge in [0.15, 0.2) is 0 Å². The van der Waals surface area contributed by atoms with Crippen LogP contribution >= 0.6 is 11.6 Å². The number of hydrogen-bond donors (Lipinski definition) is 0. The summed E-state index contributed by atoms with van der Waals surface area (Å²) >= 11 is 6.03. The zero-order valence-corrected chi connectivity index (χ0v) is 14.1. The van der Waals surface area contributed by atoms with Crippen LogP contribution in [0.2, 0.25) is 10.1 Å². The lowest BCUT2D eigenvalue weighted by atomic mass is 9.40. The largest absolute Gasteiger partial charge is 0.495 e. The highest BCUT2D eigenvalue weighted by Gasteiger charge is 2.25. The molecule has 0 N–H and O–H groups in total. The van der Waals surface area contributed by atoms with E-state index in [4.69, 9.17) is 39.9 Å². The summed E-state index contributed by atoms with van der Waals surface area (Å²) in [6.07, 6.45) is 1.95. The third-order valence-electron chi connectivity index (χ3n) is 3.49. The van der Waals surface area contributed by atoms with Crippen LogP contribution in [0.5, 0.6) is 5.75 Å². The van der Waals surface area contributed by atoms with Gasteiger partial charge >= 0.3 is 0 Å². The number of nitrogens with zero attached hydrogens (tertiary/aromatic N) is 1. The summed E-state index contributed by atoms with van der Waals surface area (Å²) < 4.78 is 6.45. The molecule has 5 nitrogen and oxygen atoms in total. The summed E-state index contributed by atoms with van der Waals surface area (Å²) in [7, 11) is 17.9. The molecule has 2 aromatic rings. The van der Waals surface area contributed by atoms with Gasteiger partial charge in [0, 0.05) is 22.2 Å². The van der Waals surface area contributed by atoms with Crippen LogP contribution < -0.4 is 10.3 Å². The Balaban J connectivity index is 2.76. The first-order valence-electron chi connectivity index (χ1n) is 7.12. The number of benzene rings is 1. The number of Topliss-reactive ketones (excluding diaryl/α,β-unsaturated/α-hetero) is 1. The predicted molar refractivity (Wildman–Crippen MR) is 98.0 cm³/mol. The minimum absolute atomic E-state index is 0.0859. The number of ketones is 1. The van der Waals surface area contributed by atoms with E-state index >= 15 is 0 Å². The highest BCUT2D eigenvalue weighted by atomic mass is 35.5. The molecule has 0 aliphatic heterocycles. The van der Waals surface area contributed by atoms with E-state index in [0.717, 1.165) is 0 Å². The van der Waals surface area contributed by atoms with E-state index in [9.17, 15) is 14.4 Å². The van der Waals surface area contributed by atoms with Crippen LogP contribution in [0.4, 0.5) is 0 Å². The molecule has 9 heteroatoms. The maximum absolute atomic E-state index is 12.4. The smallest absolute Gasteiger partial charge is 0.251 e. The zero-order valence-electron chi connectivity index (χ0n) is 13.4. The maximum atomic E-state index is 12.4. The molecule has 6 radical (unpaired) electrons. The first-order valence-corrected chi connectivity index (χ1v) is 7.50. The van der Waals surface area contributed by atoms with E-state index in [-0.39, 0.29) is 23.4 Å². The zero-order chi connectivity index (χ0) is 18.8. The van der Waals surface area contributed by atoms with Gasteiger partial charge in [0.1, 0.15) is 17.8 Å². The summed E-state index contributed by atoms with van der Waals surface area (Å²) in [6, 6.07) is 5.60. The summed E-state index contributed by atoms with van der Waals surface area (Å²) in [6.45, 7) is -0.131. The van der Waals surface area contributed by atoms with E-state index in [2.05, 4.69) is 0 Å². The van der Waals surface area contributed by atoms with Crippen molar-refractivity contribution in [2.75, 3.05) is 7.11 Å². The molecule has 1 aromatic carbocycles. The van der Waals surface area contributed by atoms with Gasteiger partial charge in [-0.1, -0.05) is 16.7 Å². The molecule has 25 heavy (non-hydrogen) atoms. The SMILES string of the molecule is [B]C([B])([B])C(=O)c1ccc(Cl)cc1-c1cc(=O)n(CC=O)cc1OC. The number of aldehydes is 1. The average molecular weight is 349 g/mol. The van der Waals surface area contributed by atoms with Crippen molar-refractivity contribution in [2.24, 2.45) is 0 Å². The summed E-state index contributed by atoms with van der Waals surface area (Å²) in [5.74, 6) is -0.479. The lowest BCUT2D eigenvalue weighted by Gasteiger charge is -2.21. The Hall–Kier alpha value is -2.21. The molecule has 1 heterocycles. The highest BCUT2D eigenvalue weighted by molar-refractivity contribution is 6.70. The molecule has 0 fully saturated rings.